The van der Waals surface area contributed by atoms with E-state index in [-0.39, 0.29) is 5.91 Å². The van der Waals surface area contributed by atoms with Crippen LogP contribution in [0.15, 0.2) is 48.5 Å². The second-order valence-corrected chi connectivity index (χ2v) is 7.27. The van der Waals surface area contributed by atoms with E-state index >= 15 is 0 Å². The Morgan fingerprint density at radius 1 is 1.22 bits per heavy atom. The lowest BCUT2D eigenvalue weighted by Crippen LogP contribution is -2.39. The van der Waals surface area contributed by atoms with E-state index in [2.05, 4.69) is 34.5 Å². The monoisotopic (exact) mass is 386 g/mol. The first-order chi connectivity index (χ1) is 13.2. The van der Waals surface area contributed by atoms with E-state index < -0.39 is 6.10 Å². The Morgan fingerprint density at radius 3 is 2.78 bits per heavy atom. The Labute approximate surface area is 166 Å². The quantitative estimate of drug-likeness (QED) is 0.681. The van der Waals surface area contributed by atoms with E-state index in [1.165, 1.54) is 17.7 Å². The van der Waals surface area contributed by atoms with Gasteiger partial charge < -0.3 is 15.0 Å². The summed E-state index contributed by atoms with van der Waals surface area (Å²) in [4.78, 5) is 14.8. The third kappa shape index (κ3) is 5.39. The minimum Gasteiger partial charge on any atom is -0.481 e. The number of benzene rings is 2. The lowest BCUT2D eigenvalue weighted by Gasteiger charge is -2.31. The molecule has 2 aromatic rings. The molecule has 5 heteroatoms. The van der Waals surface area contributed by atoms with Gasteiger partial charge in [0.05, 0.1) is 0 Å². The van der Waals surface area contributed by atoms with E-state index in [9.17, 15) is 4.79 Å². The molecular formula is C22H27ClN2O2. The van der Waals surface area contributed by atoms with Crippen LogP contribution in [0.5, 0.6) is 5.75 Å². The zero-order chi connectivity index (χ0) is 19.1. The zero-order valence-corrected chi connectivity index (χ0v) is 16.5. The summed E-state index contributed by atoms with van der Waals surface area (Å²) >= 11 is 5.89. The fourth-order valence-corrected chi connectivity index (χ4v) is 3.56. The van der Waals surface area contributed by atoms with Crippen LogP contribution in [0.4, 0.5) is 5.69 Å². The number of rotatable bonds is 8. The fourth-order valence-electron chi connectivity index (χ4n) is 3.44. The minimum atomic E-state index is -0.484. The Bertz CT molecular complexity index is 748. The molecule has 0 spiro atoms. The van der Waals surface area contributed by atoms with Gasteiger partial charge >= 0.3 is 0 Å². The molecule has 1 N–H and O–H groups in total. The molecule has 0 bridgehead atoms. The number of ether oxygens (including phenoxy) is 1. The van der Waals surface area contributed by atoms with Crippen molar-refractivity contribution in [1.82, 2.24) is 5.32 Å². The molecule has 144 valence electrons. The number of fused-ring (bicyclic) bond motifs is 1. The summed E-state index contributed by atoms with van der Waals surface area (Å²) in [5, 5.41) is 3.66. The Morgan fingerprint density at radius 2 is 2.00 bits per heavy atom. The normalized spacial score (nSPS) is 14.4. The molecule has 0 saturated carbocycles. The smallest absolute Gasteiger partial charge is 0.261 e. The van der Waals surface area contributed by atoms with Crippen LogP contribution in [-0.2, 0) is 11.2 Å². The summed E-state index contributed by atoms with van der Waals surface area (Å²) in [7, 11) is 0. The molecule has 0 radical (unpaired) electrons. The topological polar surface area (TPSA) is 41.6 Å². The molecule has 0 unspecified atom stereocenters. The highest BCUT2D eigenvalue weighted by Gasteiger charge is 2.19. The van der Waals surface area contributed by atoms with Gasteiger partial charge in [0.15, 0.2) is 6.10 Å². The van der Waals surface area contributed by atoms with Crippen LogP contribution in [0.25, 0.3) is 0 Å². The van der Waals surface area contributed by atoms with Crippen LogP contribution in [0.3, 0.4) is 0 Å². The number of nitrogens with zero attached hydrogens (tertiary/aromatic N) is 1. The largest absolute Gasteiger partial charge is 0.481 e. The van der Waals surface area contributed by atoms with E-state index in [1.54, 1.807) is 24.3 Å². The first kappa shape index (κ1) is 19.6. The van der Waals surface area contributed by atoms with Gasteiger partial charge in [0, 0.05) is 30.3 Å². The summed E-state index contributed by atoms with van der Waals surface area (Å²) in [5.74, 6) is 0.595. The third-order valence-corrected chi connectivity index (χ3v) is 5.12. The van der Waals surface area contributed by atoms with Gasteiger partial charge in [0.2, 0.25) is 0 Å². The second kappa shape index (κ2) is 9.65. The Balaban J connectivity index is 1.44. The van der Waals surface area contributed by atoms with Gasteiger partial charge in [-0.1, -0.05) is 36.7 Å². The summed E-state index contributed by atoms with van der Waals surface area (Å²) in [5.41, 5.74) is 2.77. The number of anilines is 1. The van der Waals surface area contributed by atoms with Crippen molar-refractivity contribution >= 4 is 23.2 Å². The number of carbonyl (C=O) groups is 1. The summed E-state index contributed by atoms with van der Waals surface area (Å²) in [6, 6.07) is 15.7. The Hall–Kier alpha value is -2.20. The van der Waals surface area contributed by atoms with Crippen molar-refractivity contribution in [3.8, 4) is 5.75 Å². The first-order valence-electron chi connectivity index (χ1n) is 9.70. The summed E-state index contributed by atoms with van der Waals surface area (Å²) in [6.07, 6.45) is 3.40. The van der Waals surface area contributed by atoms with Gasteiger partial charge in [-0.15, -0.1) is 0 Å². The van der Waals surface area contributed by atoms with Crippen molar-refractivity contribution in [2.75, 3.05) is 24.5 Å². The average molecular weight is 387 g/mol. The van der Waals surface area contributed by atoms with Gasteiger partial charge in [-0.2, -0.15) is 0 Å². The number of aryl methyl sites for hydroxylation is 1. The van der Waals surface area contributed by atoms with Gasteiger partial charge in [-0.25, -0.2) is 0 Å². The number of hydrogen-bond acceptors (Lipinski definition) is 3. The number of amides is 1. The second-order valence-electron chi connectivity index (χ2n) is 6.83. The van der Waals surface area contributed by atoms with E-state index in [0.29, 0.717) is 23.7 Å². The van der Waals surface area contributed by atoms with Crippen LogP contribution < -0.4 is 15.0 Å². The van der Waals surface area contributed by atoms with Crippen molar-refractivity contribution in [2.24, 2.45) is 0 Å². The molecule has 0 aromatic heterocycles. The highest BCUT2D eigenvalue weighted by molar-refractivity contribution is 6.30. The van der Waals surface area contributed by atoms with E-state index in [0.717, 1.165) is 25.9 Å². The third-order valence-electron chi connectivity index (χ3n) is 4.87. The summed E-state index contributed by atoms with van der Waals surface area (Å²) in [6.45, 7) is 4.64. The highest BCUT2D eigenvalue weighted by atomic mass is 35.5. The van der Waals surface area contributed by atoms with Crippen LogP contribution in [0, 0.1) is 0 Å². The molecule has 1 amide bonds. The van der Waals surface area contributed by atoms with Crippen LogP contribution >= 0.6 is 11.6 Å². The Kier molecular flexibility index (Phi) is 6.99. The molecule has 4 nitrogen and oxygen atoms in total. The van der Waals surface area contributed by atoms with Gasteiger partial charge in [-0.3, -0.25) is 4.79 Å². The maximum absolute atomic E-state index is 12.4. The molecule has 27 heavy (non-hydrogen) atoms. The molecule has 3 rings (SSSR count). The predicted molar refractivity (Wildman–Crippen MR) is 111 cm³/mol. The lowest BCUT2D eigenvalue weighted by atomic mass is 10.0. The zero-order valence-electron chi connectivity index (χ0n) is 15.8. The van der Waals surface area contributed by atoms with Crippen molar-refractivity contribution in [3.63, 3.8) is 0 Å². The number of hydrogen-bond donors (Lipinski definition) is 1. The van der Waals surface area contributed by atoms with Gasteiger partial charge in [0.1, 0.15) is 5.75 Å². The standard InChI is InChI=1S/C22H27ClN2O2/c1-2-21(27-19-12-10-18(23)11-13-19)22(26)24-14-6-16-25-15-5-8-17-7-3-4-9-20(17)25/h3-4,7,9-13,21H,2,5-6,8,14-16H2,1H3,(H,24,26)/t21-/m1/s1. The average Bonchev–Trinajstić information content (AvgIpc) is 2.70. The van der Waals surface area contributed by atoms with Crippen LogP contribution in [0.1, 0.15) is 31.7 Å². The van der Waals surface area contributed by atoms with Crippen molar-refractivity contribution in [3.05, 3.63) is 59.1 Å². The number of nitrogens with one attached hydrogen (secondary N) is 1. The SMILES string of the molecule is CC[C@@H](Oc1ccc(Cl)cc1)C(=O)NCCCN1CCCc2ccccc21. The first-order valence-corrected chi connectivity index (χ1v) is 10.1. The molecule has 2 aromatic carbocycles. The van der Waals surface area contributed by atoms with Crippen molar-refractivity contribution < 1.29 is 9.53 Å². The van der Waals surface area contributed by atoms with Crippen molar-refractivity contribution in [1.29, 1.82) is 0 Å². The summed E-state index contributed by atoms with van der Waals surface area (Å²) < 4.78 is 5.79. The molecule has 0 aliphatic carbocycles. The minimum absolute atomic E-state index is 0.0634. The highest BCUT2D eigenvalue weighted by Crippen LogP contribution is 2.26. The van der Waals surface area contributed by atoms with E-state index in [1.807, 2.05) is 6.92 Å². The lowest BCUT2D eigenvalue weighted by molar-refractivity contribution is -0.128. The number of halogens is 1. The molecule has 0 fully saturated rings. The van der Waals surface area contributed by atoms with Gasteiger partial charge in [-0.05, 0) is 61.6 Å². The van der Waals surface area contributed by atoms with Crippen molar-refractivity contribution in [2.45, 2.75) is 38.7 Å². The van der Waals surface area contributed by atoms with Crippen LogP contribution in [-0.4, -0.2) is 31.6 Å². The maximum atomic E-state index is 12.4. The van der Waals surface area contributed by atoms with Gasteiger partial charge in [0.25, 0.3) is 5.91 Å². The predicted octanol–water partition coefficient (Wildman–Crippen LogP) is 4.46. The maximum Gasteiger partial charge on any atom is 0.261 e. The molecule has 0 saturated heterocycles. The molecule has 1 heterocycles. The number of carbonyl (C=O) groups excluding carboxylic acids is 1. The molecular weight excluding hydrogens is 360 g/mol. The van der Waals surface area contributed by atoms with E-state index in [4.69, 9.17) is 16.3 Å². The van der Waals surface area contributed by atoms with Crippen LogP contribution in [0.2, 0.25) is 5.02 Å². The molecule has 1 atom stereocenters. The number of para-hydroxylation sites is 1. The molecule has 1 aliphatic heterocycles. The fraction of sp³-hybridized carbons (Fsp3) is 0.409. The molecule has 1 aliphatic rings.